The Labute approximate surface area is 114 Å². The second kappa shape index (κ2) is 5.43. The maximum atomic E-state index is 12.0. The molecule has 0 atom stereocenters. The predicted octanol–water partition coefficient (Wildman–Crippen LogP) is 1.38. The molecular formula is C13H13N3O4. The summed E-state index contributed by atoms with van der Waals surface area (Å²) in [5.74, 6) is -1.17. The molecule has 0 aliphatic heterocycles. The number of anilines is 1. The Morgan fingerprint density at radius 3 is 2.70 bits per heavy atom. The van der Waals surface area contributed by atoms with Crippen molar-refractivity contribution in [3.05, 3.63) is 41.7 Å². The number of rotatable bonds is 4. The van der Waals surface area contributed by atoms with Crippen LogP contribution < -0.4 is 10.1 Å². The highest BCUT2D eigenvalue weighted by Crippen LogP contribution is 2.22. The number of amides is 1. The standard InChI is InChI=1S/C13H13N3O4/c1-16-7-8(6-14-16)12(17)15-11-4-3-9(20-2)5-10(11)13(18)19/h3-7H,1-2H3,(H,15,17)(H,18,19). The van der Waals surface area contributed by atoms with Crippen molar-refractivity contribution < 1.29 is 19.4 Å². The molecule has 7 nitrogen and oxygen atoms in total. The molecule has 0 aliphatic carbocycles. The monoisotopic (exact) mass is 275 g/mol. The van der Waals surface area contributed by atoms with Crippen molar-refractivity contribution in [2.24, 2.45) is 7.05 Å². The Hall–Kier alpha value is -2.83. The van der Waals surface area contributed by atoms with Crippen LogP contribution in [0, 0.1) is 0 Å². The fourth-order valence-electron chi connectivity index (χ4n) is 1.67. The molecule has 2 aromatic rings. The van der Waals surface area contributed by atoms with Gasteiger partial charge in [-0.3, -0.25) is 9.48 Å². The van der Waals surface area contributed by atoms with E-state index in [0.29, 0.717) is 11.3 Å². The highest BCUT2D eigenvalue weighted by atomic mass is 16.5. The Bertz CT molecular complexity index is 663. The first kappa shape index (κ1) is 13.6. The molecule has 0 saturated heterocycles. The van der Waals surface area contributed by atoms with E-state index >= 15 is 0 Å². The van der Waals surface area contributed by atoms with Crippen LogP contribution in [0.25, 0.3) is 0 Å². The summed E-state index contributed by atoms with van der Waals surface area (Å²) in [5.41, 5.74) is 0.508. The quantitative estimate of drug-likeness (QED) is 0.879. The second-order valence-electron chi connectivity index (χ2n) is 4.07. The van der Waals surface area contributed by atoms with Crippen LogP contribution in [0.2, 0.25) is 0 Å². The number of carbonyl (C=O) groups is 2. The number of hydrogen-bond donors (Lipinski definition) is 2. The fraction of sp³-hybridized carbons (Fsp3) is 0.154. The van der Waals surface area contributed by atoms with Crippen LogP contribution in [0.15, 0.2) is 30.6 Å². The highest BCUT2D eigenvalue weighted by molar-refractivity contribution is 6.07. The van der Waals surface area contributed by atoms with Gasteiger partial charge < -0.3 is 15.2 Å². The average molecular weight is 275 g/mol. The van der Waals surface area contributed by atoms with Gasteiger partial charge in [0.15, 0.2) is 0 Å². The van der Waals surface area contributed by atoms with E-state index in [0.717, 1.165) is 0 Å². The van der Waals surface area contributed by atoms with Gasteiger partial charge in [-0.2, -0.15) is 5.10 Å². The van der Waals surface area contributed by atoms with Gasteiger partial charge in [0.2, 0.25) is 0 Å². The molecule has 0 unspecified atom stereocenters. The molecule has 0 saturated carbocycles. The van der Waals surface area contributed by atoms with Crippen molar-refractivity contribution in [1.29, 1.82) is 0 Å². The van der Waals surface area contributed by atoms with Gasteiger partial charge in [-0.1, -0.05) is 0 Å². The number of benzene rings is 1. The number of aryl methyl sites for hydroxylation is 1. The third-order valence-corrected chi connectivity index (χ3v) is 2.67. The van der Waals surface area contributed by atoms with E-state index in [2.05, 4.69) is 10.4 Å². The molecule has 2 rings (SSSR count). The van der Waals surface area contributed by atoms with Crippen LogP contribution in [0.4, 0.5) is 5.69 Å². The topological polar surface area (TPSA) is 93.5 Å². The van der Waals surface area contributed by atoms with Gasteiger partial charge in [-0.15, -0.1) is 0 Å². The van der Waals surface area contributed by atoms with E-state index in [4.69, 9.17) is 9.84 Å². The molecule has 0 aliphatic rings. The molecule has 0 radical (unpaired) electrons. The van der Waals surface area contributed by atoms with Gasteiger partial charge in [0.05, 0.1) is 30.1 Å². The molecule has 0 fully saturated rings. The Morgan fingerprint density at radius 1 is 1.40 bits per heavy atom. The molecule has 1 aromatic carbocycles. The van der Waals surface area contributed by atoms with Crippen molar-refractivity contribution in [1.82, 2.24) is 9.78 Å². The van der Waals surface area contributed by atoms with Gasteiger partial charge in [-0.25, -0.2) is 4.79 Å². The number of methoxy groups -OCH3 is 1. The van der Waals surface area contributed by atoms with Crippen molar-refractivity contribution in [2.75, 3.05) is 12.4 Å². The number of ether oxygens (including phenoxy) is 1. The zero-order valence-electron chi connectivity index (χ0n) is 11.0. The summed E-state index contributed by atoms with van der Waals surface area (Å²) in [5, 5.41) is 15.6. The van der Waals surface area contributed by atoms with Crippen LogP contribution >= 0.6 is 0 Å². The minimum atomic E-state index is -1.15. The lowest BCUT2D eigenvalue weighted by Gasteiger charge is -2.09. The number of nitrogens with one attached hydrogen (secondary N) is 1. The number of aromatic carboxylic acids is 1. The summed E-state index contributed by atoms with van der Waals surface area (Å²) < 4.78 is 6.45. The summed E-state index contributed by atoms with van der Waals surface area (Å²) >= 11 is 0. The van der Waals surface area contributed by atoms with E-state index in [-0.39, 0.29) is 11.3 Å². The SMILES string of the molecule is COc1ccc(NC(=O)c2cnn(C)c2)c(C(=O)O)c1. The Kier molecular flexibility index (Phi) is 3.69. The van der Waals surface area contributed by atoms with Crippen LogP contribution in [0.5, 0.6) is 5.75 Å². The van der Waals surface area contributed by atoms with Gasteiger partial charge >= 0.3 is 5.97 Å². The van der Waals surface area contributed by atoms with E-state index in [1.54, 1.807) is 19.3 Å². The van der Waals surface area contributed by atoms with Crippen molar-refractivity contribution in [3.8, 4) is 5.75 Å². The minimum absolute atomic E-state index is 0.0402. The normalized spacial score (nSPS) is 10.1. The van der Waals surface area contributed by atoms with Crippen LogP contribution in [0.3, 0.4) is 0 Å². The largest absolute Gasteiger partial charge is 0.497 e. The smallest absolute Gasteiger partial charge is 0.337 e. The minimum Gasteiger partial charge on any atom is -0.497 e. The molecular weight excluding hydrogens is 262 g/mol. The summed E-state index contributed by atoms with van der Waals surface area (Å²) in [7, 11) is 3.13. The highest BCUT2D eigenvalue weighted by Gasteiger charge is 2.15. The second-order valence-corrected chi connectivity index (χ2v) is 4.07. The summed E-state index contributed by atoms with van der Waals surface area (Å²) in [4.78, 5) is 23.2. The lowest BCUT2D eigenvalue weighted by Crippen LogP contribution is -2.14. The fourth-order valence-corrected chi connectivity index (χ4v) is 1.67. The molecule has 1 aromatic heterocycles. The molecule has 7 heteroatoms. The third-order valence-electron chi connectivity index (χ3n) is 2.67. The van der Waals surface area contributed by atoms with E-state index in [1.165, 1.54) is 30.1 Å². The summed E-state index contributed by atoms with van der Waals surface area (Å²) in [6.45, 7) is 0. The number of carbonyl (C=O) groups excluding carboxylic acids is 1. The lowest BCUT2D eigenvalue weighted by atomic mass is 10.1. The molecule has 20 heavy (non-hydrogen) atoms. The van der Waals surface area contributed by atoms with Gasteiger partial charge in [0, 0.05) is 13.2 Å². The maximum Gasteiger partial charge on any atom is 0.337 e. The molecule has 0 bridgehead atoms. The number of nitrogens with zero attached hydrogens (tertiary/aromatic N) is 2. The molecule has 1 heterocycles. The molecule has 2 N–H and O–H groups in total. The van der Waals surface area contributed by atoms with E-state index in [1.807, 2.05) is 0 Å². The number of hydrogen-bond acceptors (Lipinski definition) is 4. The van der Waals surface area contributed by atoms with Gasteiger partial charge in [0.1, 0.15) is 5.75 Å². The van der Waals surface area contributed by atoms with Crippen LogP contribution in [-0.4, -0.2) is 33.9 Å². The van der Waals surface area contributed by atoms with E-state index < -0.39 is 11.9 Å². The van der Waals surface area contributed by atoms with Crippen molar-refractivity contribution in [3.63, 3.8) is 0 Å². The third kappa shape index (κ3) is 2.77. The van der Waals surface area contributed by atoms with Crippen molar-refractivity contribution in [2.45, 2.75) is 0 Å². The Morgan fingerprint density at radius 2 is 2.15 bits per heavy atom. The summed E-state index contributed by atoms with van der Waals surface area (Å²) in [6, 6.07) is 4.41. The average Bonchev–Trinajstić information content (AvgIpc) is 2.85. The lowest BCUT2D eigenvalue weighted by molar-refractivity contribution is 0.0697. The zero-order valence-corrected chi connectivity index (χ0v) is 11.0. The Balaban J connectivity index is 2.29. The molecule has 0 spiro atoms. The summed E-state index contributed by atoms with van der Waals surface area (Å²) in [6.07, 6.45) is 2.94. The van der Waals surface area contributed by atoms with Crippen LogP contribution in [0.1, 0.15) is 20.7 Å². The number of carboxylic acid groups (broad SMARTS) is 1. The van der Waals surface area contributed by atoms with E-state index in [9.17, 15) is 9.59 Å². The maximum absolute atomic E-state index is 12.0. The number of carboxylic acids is 1. The first-order valence-electron chi connectivity index (χ1n) is 5.72. The first-order valence-corrected chi connectivity index (χ1v) is 5.72. The van der Waals surface area contributed by atoms with Crippen LogP contribution in [-0.2, 0) is 7.05 Å². The molecule has 1 amide bonds. The predicted molar refractivity (Wildman–Crippen MR) is 71.1 cm³/mol. The number of aromatic nitrogens is 2. The van der Waals surface area contributed by atoms with Gasteiger partial charge in [-0.05, 0) is 18.2 Å². The van der Waals surface area contributed by atoms with Crippen molar-refractivity contribution >= 4 is 17.6 Å². The molecule has 104 valence electrons. The first-order chi connectivity index (χ1) is 9.51. The zero-order chi connectivity index (χ0) is 14.7. The van der Waals surface area contributed by atoms with Gasteiger partial charge in [0.25, 0.3) is 5.91 Å².